The van der Waals surface area contributed by atoms with Crippen LogP contribution in [0.5, 0.6) is 0 Å². The maximum atomic E-state index is 13.4. The van der Waals surface area contributed by atoms with Gasteiger partial charge >= 0.3 is 5.97 Å². The molecule has 2 aromatic carbocycles. The van der Waals surface area contributed by atoms with E-state index in [2.05, 4.69) is 30.9 Å². The number of aliphatic carboxylic acids is 1. The van der Waals surface area contributed by atoms with E-state index in [1.54, 1.807) is 6.20 Å². The average Bonchev–Trinajstić information content (AvgIpc) is 3.65. The Labute approximate surface area is 240 Å². The molecule has 2 aromatic heterocycles. The molecule has 13 heteroatoms. The normalized spacial score (nSPS) is 14.0. The van der Waals surface area contributed by atoms with Gasteiger partial charge in [-0.25, -0.2) is 9.78 Å². The lowest BCUT2D eigenvalue weighted by atomic mass is 10.0. The van der Waals surface area contributed by atoms with Gasteiger partial charge in [-0.2, -0.15) is 0 Å². The number of aromatic nitrogens is 3. The Hall–Kier alpha value is -5.01. The summed E-state index contributed by atoms with van der Waals surface area (Å²) in [4.78, 5) is 61.1. The Morgan fingerprint density at radius 2 is 1.48 bits per heavy atom. The number of hydrogen-bond donors (Lipinski definition) is 8. The third-order valence-electron chi connectivity index (χ3n) is 6.78. The van der Waals surface area contributed by atoms with E-state index < -0.39 is 54.5 Å². The first kappa shape index (κ1) is 30.0. The van der Waals surface area contributed by atoms with Crippen molar-refractivity contribution in [2.24, 2.45) is 5.73 Å². The summed E-state index contributed by atoms with van der Waals surface area (Å²) in [6.07, 6.45) is 4.69. The van der Waals surface area contributed by atoms with Crippen LogP contribution in [-0.4, -0.2) is 79.6 Å². The van der Waals surface area contributed by atoms with E-state index in [-0.39, 0.29) is 19.3 Å². The van der Waals surface area contributed by atoms with Crippen LogP contribution in [0.1, 0.15) is 16.8 Å². The van der Waals surface area contributed by atoms with Crippen LogP contribution in [-0.2, 0) is 38.4 Å². The van der Waals surface area contributed by atoms with Gasteiger partial charge in [0, 0.05) is 41.8 Å². The second-order valence-electron chi connectivity index (χ2n) is 9.85. The molecule has 42 heavy (non-hydrogen) atoms. The molecule has 4 aromatic rings. The Kier molecular flexibility index (Phi) is 10.0. The van der Waals surface area contributed by atoms with E-state index in [0.717, 1.165) is 16.5 Å². The number of aliphatic hydroxyl groups is 1. The van der Waals surface area contributed by atoms with Gasteiger partial charge in [0.1, 0.15) is 18.1 Å². The molecule has 0 saturated heterocycles. The van der Waals surface area contributed by atoms with Gasteiger partial charge < -0.3 is 41.9 Å². The Balaban J connectivity index is 1.49. The number of H-pyrrole nitrogens is 2. The standard InChI is InChI=1S/C29H33N7O6/c30-21(10-17-6-2-1-3-7-17)26(38)36-25(15-37)28(40)34-23(11-18-13-32-22-9-5-4-8-20(18)22)27(39)35-24(29(41)42)12-19-14-31-16-33-19/h1-9,13-14,16,21,23-25,32,37H,10-12,15,30H2,(H,31,33)(H,34,40)(H,35,39)(H,36,38)(H,41,42). The van der Waals surface area contributed by atoms with Crippen molar-refractivity contribution in [3.63, 3.8) is 0 Å². The molecule has 0 spiro atoms. The summed E-state index contributed by atoms with van der Waals surface area (Å²) in [5.41, 5.74) is 8.85. The van der Waals surface area contributed by atoms with Gasteiger partial charge in [0.05, 0.1) is 19.0 Å². The first-order valence-corrected chi connectivity index (χ1v) is 13.3. The molecule has 0 aliphatic heterocycles. The third kappa shape index (κ3) is 7.80. The summed E-state index contributed by atoms with van der Waals surface area (Å²) in [6.45, 7) is -0.755. The maximum absolute atomic E-state index is 13.4. The van der Waals surface area contributed by atoms with E-state index in [0.29, 0.717) is 11.3 Å². The Morgan fingerprint density at radius 1 is 0.810 bits per heavy atom. The zero-order valence-electron chi connectivity index (χ0n) is 22.6. The SMILES string of the molecule is NC(Cc1ccccc1)C(=O)NC(CO)C(=O)NC(Cc1c[nH]c2ccccc12)C(=O)NC(Cc1cnc[nH]1)C(=O)O. The van der Waals surface area contributed by atoms with Crippen molar-refractivity contribution in [3.05, 3.63) is 90.1 Å². The lowest BCUT2D eigenvalue weighted by Gasteiger charge is -2.24. The molecular formula is C29H33N7O6. The predicted octanol–water partition coefficient (Wildman–Crippen LogP) is -0.222. The number of carboxylic acids is 1. The molecular weight excluding hydrogens is 542 g/mol. The molecule has 2 heterocycles. The molecule has 0 saturated carbocycles. The molecule has 13 nitrogen and oxygen atoms in total. The van der Waals surface area contributed by atoms with Crippen molar-refractivity contribution in [1.29, 1.82) is 0 Å². The molecule has 9 N–H and O–H groups in total. The highest BCUT2D eigenvalue weighted by Gasteiger charge is 2.31. The van der Waals surface area contributed by atoms with Crippen molar-refractivity contribution >= 4 is 34.6 Å². The number of fused-ring (bicyclic) bond motifs is 1. The van der Waals surface area contributed by atoms with E-state index in [1.807, 2.05) is 54.6 Å². The van der Waals surface area contributed by atoms with Crippen molar-refractivity contribution in [1.82, 2.24) is 30.9 Å². The highest BCUT2D eigenvalue weighted by Crippen LogP contribution is 2.19. The number of aliphatic hydroxyl groups excluding tert-OH is 1. The predicted molar refractivity (Wildman–Crippen MR) is 153 cm³/mol. The van der Waals surface area contributed by atoms with E-state index >= 15 is 0 Å². The number of benzene rings is 2. The lowest BCUT2D eigenvalue weighted by Crippen LogP contribution is -2.58. The van der Waals surface area contributed by atoms with Crippen molar-refractivity contribution in [2.45, 2.75) is 43.4 Å². The van der Waals surface area contributed by atoms with Gasteiger partial charge in [-0.05, 0) is 23.6 Å². The number of amides is 3. The molecule has 4 atom stereocenters. The minimum absolute atomic E-state index is 0.00238. The van der Waals surface area contributed by atoms with Crippen LogP contribution in [0.25, 0.3) is 10.9 Å². The van der Waals surface area contributed by atoms with Crippen LogP contribution in [0.15, 0.2) is 73.3 Å². The number of nitrogens with two attached hydrogens (primary N) is 1. The number of aromatic amines is 2. The van der Waals surface area contributed by atoms with Gasteiger partial charge in [-0.15, -0.1) is 0 Å². The quantitative estimate of drug-likeness (QED) is 0.100. The monoisotopic (exact) mass is 575 g/mol. The number of nitrogens with one attached hydrogen (secondary N) is 5. The molecule has 0 radical (unpaired) electrons. The fourth-order valence-electron chi connectivity index (χ4n) is 4.52. The van der Waals surface area contributed by atoms with E-state index in [1.165, 1.54) is 12.5 Å². The van der Waals surface area contributed by atoms with Crippen LogP contribution in [0.4, 0.5) is 0 Å². The maximum Gasteiger partial charge on any atom is 0.326 e. The second-order valence-corrected chi connectivity index (χ2v) is 9.85. The minimum atomic E-state index is -1.40. The van der Waals surface area contributed by atoms with Gasteiger partial charge in [-0.3, -0.25) is 14.4 Å². The molecule has 4 rings (SSSR count). The summed E-state index contributed by atoms with van der Waals surface area (Å²) in [6, 6.07) is 11.5. The molecule has 0 bridgehead atoms. The minimum Gasteiger partial charge on any atom is -0.480 e. The molecule has 0 aliphatic rings. The molecule has 220 valence electrons. The molecule has 0 fully saturated rings. The number of carbonyl (C=O) groups excluding carboxylic acids is 3. The van der Waals surface area contributed by atoms with Crippen molar-refractivity contribution in [2.75, 3.05) is 6.61 Å². The van der Waals surface area contributed by atoms with Crippen LogP contribution < -0.4 is 21.7 Å². The van der Waals surface area contributed by atoms with E-state index in [4.69, 9.17) is 5.73 Å². The van der Waals surface area contributed by atoms with Crippen molar-refractivity contribution in [3.8, 4) is 0 Å². The largest absolute Gasteiger partial charge is 0.480 e. The molecule has 4 unspecified atom stereocenters. The highest BCUT2D eigenvalue weighted by atomic mass is 16.4. The highest BCUT2D eigenvalue weighted by molar-refractivity contribution is 5.95. The smallest absolute Gasteiger partial charge is 0.326 e. The van der Waals surface area contributed by atoms with Crippen LogP contribution in [0.3, 0.4) is 0 Å². The zero-order valence-corrected chi connectivity index (χ0v) is 22.6. The Morgan fingerprint density at radius 3 is 2.17 bits per heavy atom. The van der Waals surface area contributed by atoms with Crippen LogP contribution >= 0.6 is 0 Å². The first-order chi connectivity index (χ1) is 20.2. The number of rotatable bonds is 14. The second kappa shape index (κ2) is 14.1. The summed E-state index contributed by atoms with van der Waals surface area (Å²) >= 11 is 0. The van der Waals surface area contributed by atoms with Crippen molar-refractivity contribution < 1.29 is 29.4 Å². The summed E-state index contributed by atoms with van der Waals surface area (Å²) < 4.78 is 0. The fraction of sp³-hybridized carbons (Fsp3) is 0.276. The van der Waals surface area contributed by atoms with Gasteiger partial charge in [-0.1, -0.05) is 48.5 Å². The van der Waals surface area contributed by atoms with Gasteiger partial charge in [0.2, 0.25) is 17.7 Å². The van der Waals surface area contributed by atoms with Crippen LogP contribution in [0, 0.1) is 0 Å². The molecule has 0 aliphatic carbocycles. The third-order valence-corrected chi connectivity index (χ3v) is 6.78. The summed E-state index contributed by atoms with van der Waals surface area (Å²) in [5, 5.41) is 28.0. The zero-order chi connectivity index (χ0) is 30.1. The number of carboxylic acid groups (broad SMARTS) is 1. The van der Waals surface area contributed by atoms with E-state index in [9.17, 15) is 29.4 Å². The summed E-state index contributed by atoms with van der Waals surface area (Å²) in [5.74, 6) is -3.53. The topological polar surface area (TPSA) is 215 Å². The lowest BCUT2D eigenvalue weighted by molar-refractivity contribution is -0.142. The van der Waals surface area contributed by atoms with Crippen LogP contribution in [0.2, 0.25) is 0 Å². The number of carbonyl (C=O) groups is 4. The average molecular weight is 576 g/mol. The molecule has 3 amide bonds. The number of nitrogens with zero attached hydrogens (tertiary/aromatic N) is 1. The number of hydrogen-bond acceptors (Lipinski definition) is 7. The number of imidazole rings is 1. The van der Waals surface area contributed by atoms with Gasteiger partial charge in [0.15, 0.2) is 0 Å². The summed E-state index contributed by atoms with van der Waals surface area (Å²) in [7, 11) is 0. The Bertz CT molecular complexity index is 1510. The fourth-order valence-corrected chi connectivity index (χ4v) is 4.52. The number of para-hydroxylation sites is 1. The first-order valence-electron chi connectivity index (χ1n) is 13.3. The van der Waals surface area contributed by atoms with Gasteiger partial charge in [0.25, 0.3) is 0 Å².